The van der Waals surface area contributed by atoms with Crippen molar-refractivity contribution < 1.29 is 19.0 Å². The van der Waals surface area contributed by atoms with E-state index in [1.807, 2.05) is 37.3 Å². The fourth-order valence-corrected chi connectivity index (χ4v) is 2.54. The number of hydrogen-bond acceptors (Lipinski definition) is 3. The van der Waals surface area contributed by atoms with Crippen LogP contribution in [0.2, 0.25) is 0 Å². The summed E-state index contributed by atoms with van der Waals surface area (Å²) in [6.45, 7) is 1.83. The van der Waals surface area contributed by atoms with Gasteiger partial charge in [-0.15, -0.1) is 0 Å². The van der Waals surface area contributed by atoms with Crippen LogP contribution < -0.4 is 10.1 Å². The lowest BCUT2D eigenvalue weighted by molar-refractivity contribution is -0.121. The highest BCUT2D eigenvalue weighted by Gasteiger charge is 2.15. The van der Waals surface area contributed by atoms with Crippen LogP contribution in [-0.2, 0) is 11.2 Å². The lowest BCUT2D eigenvalue weighted by Gasteiger charge is -2.18. The SMILES string of the molecule is COc1ccc(CC(=O)N[C@@H](C)C[C@H](O)c2ccccc2)cc1F. The Kier molecular flexibility index (Phi) is 6.32. The van der Waals surface area contributed by atoms with Crippen molar-refractivity contribution >= 4 is 5.91 Å². The number of ether oxygens (including phenoxy) is 1. The van der Waals surface area contributed by atoms with E-state index in [0.29, 0.717) is 12.0 Å². The van der Waals surface area contributed by atoms with Crippen molar-refractivity contribution in [2.24, 2.45) is 0 Å². The molecule has 4 nitrogen and oxygen atoms in total. The molecule has 2 rings (SSSR count). The van der Waals surface area contributed by atoms with Crippen LogP contribution in [0.4, 0.5) is 4.39 Å². The van der Waals surface area contributed by atoms with Crippen molar-refractivity contribution in [1.29, 1.82) is 0 Å². The first-order valence-electron chi connectivity index (χ1n) is 7.84. The minimum atomic E-state index is -0.639. The summed E-state index contributed by atoms with van der Waals surface area (Å²) < 4.78 is 18.5. The number of benzene rings is 2. The maximum absolute atomic E-state index is 13.6. The second-order valence-electron chi connectivity index (χ2n) is 5.78. The van der Waals surface area contributed by atoms with Gasteiger partial charge in [-0.3, -0.25) is 4.79 Å². The van der Waals surface area contributed by atoms with Crippen LogP contribution in [0.15, 0.2) is 48.5 Å². The van der Waals surface area contributed by atoms with Gasteiger partial charge in [-0.05, 0) is 36.6 Å². The monoisotopic (exact) mass is 331 g/mol. The maximum atomic E-state index is 13.6. The molecular weight excluding hydrogens is 309 g/mol. The number of rotatable bonds is 7. The van der Waals surface area contributed by atoms with Crippen LogP contribution in [0.5, 0.6) is 5.75 Å². The van der Waals surface area contributed by atoms with Crippen molar-refractivity contribution in [3.05, 3.63) is 65.5 Å². The molecule has 1 amide bonds. The van der Waals surface area contributed by atoms with E-state index in [9.17, 15) is 14.3 Å². The van der Waals surface area contributed by atoms with Gasteiger partial charge >= 0.3 is 0 Å². The molecule has 2 atom stereocenters. The summed E-state index contributed by atoms with van der Waals surface area (Å²) in [5.41, 5.74) is 1.39. The molecule has 0 aliphatic carbocycles. The normalized spacial score (nSPS) is 13.2. The molecule has 0 unspecified atom stereocenters. The first-order chi connectivity index (χ1) is 11.5. The third-order valence-electron chi connectivity index (χ3n) is 3.75. The largest absolute Gasteiger partial charge is 0.494 e. The molecule has 0 radical (unpaired) electrons. The van der Waals surface area contributed by atoms with Gasteiger partial charge in [-0.25, -0.2) is 4.39 Å². The Morgan fingerprint density at radius 3 is 2.58 bits per heavy atom. The molecule has 0 bridgehead atoms. The quantitative estimate of drug-likeness (QED) is 0.820. The first kappa shape index (κ1) is 17.9. The number of carbonyl (C=O) groups is 1. The van der Waals surface area contributed by atoms with Crippen LogP contribution in [-0.4, -0.2) is 24.2 Å². The Balaban J connectivity index is 1.86. The summed E-state index contributed by atoms with van der Waals surface area (Å²) in [5.74, 6) is -0.554. The molecule has 0 aliphatic rings. The zero-order chi connectivity index (χ0) is 17.5. The molecule has 5 heteroatoms. The Morgan fingerprint density at radius 2 is 1.96 bits per heavy atom. The number of nitrogens with one attached hydrogen (secondary N) is 1. The smallest absolute Gasteiger partial charge is 0.224 e. The van der Waals surface area contributed by atoms with E-state index in [4.69, 9.17) is 4.74 Å². The second kappa shape index (κ2) is 8.45. The summed E-state index contributed by atoms with van der Waals surface area (Å²) in [7, 11) is 1.39. The minimum absolute atomic E-state index is 0.0761. The van der Waals surface area contributed by atoms with E-state index < -0.39 is 11.9 Å². The van der Waals surface area contributed by atoms with Crippen molar-refractivity contribution in [1.82, 2.24) is 5.32 Å². The van der Waals surface area contributed by atoms with Crippen LogP contribution in [0.3, 0.4) is 0 Å². The third-order valence-corrected chi connectivity index (χ3v) is 3.75. The molecule has 0 saturated carbocycles. The average Bonchev–Trinajstić information content (AvgIpc) is 2.55. The fraction of sp³-hybridized carbons (Fsp3) is 0.316. The summed E-state index contributed by atoms with van der Waals surface area (Å²) in [4.78, 5) is 12.1. The van der Waals surface area contributed by atoms with Gasteiger partial charge in [0.15, 0.2) is 11.6 Å². The first-order valence-corrected chi connectivity index (χ1v) is 7.84. The number of amides is 1. The van der Waals surface area contributed by atoms with E-state index in [0.717, 1.165) is 5.56 Å². The highest BCUT2D eigenvalue weighted by Crippen LogP contribution is 2.19. The predicted octanol–water partition coefficient (Wildman–Crippen LogP) is 3.01. The lowest BCUT2D eigenvalue weighted by atomic mass is 10.0. The number of hydrogen-bond donors (Lipinski definition) is 2. The van der Waals surface area contributed by atoms with Crippen LogP contribution in [0.1, 0.15) is 30.6 Å². The molecule has 128 valence electrons. The standard InChI is InChI=1S/C19H22FNO3/c1-13(10-17(22)15-6-4-3-5-7-15)21-19(23)12-14-8-9-18(24-2)16(20)11-14/h3-9,11,13,17,22H,10,12H2,1-2H3,(H,21,23)/t13-,17-/m0/s1. The number of aliphatic hydroxyl groups excluding tert-OH is 1. The third kappa shape index (κ3) is 5.06. The molecule has 24 heavy (non-hydrogen) atoms. The maximum Gasteiger partial charge on any atom is 0.224 e. The van der Waals surface area contributed by atoms with Crippen molar-refractivity contribution in [2.75, 3.05) is 7.11 Å². The summed E-state index contributed by atoms with van der Waals surface area (Å²) in [5, 5.41) is 13.0. The van der Waals surface area contributed by atoms with Crippen molar-refractivity contribution in [3.63, 3.8) is 0 Å². The van der Waals surface area contributed by atoms with E-state index >= 15 is 0 Å². The second-order valence-corrected chi connectivity index (χ2v) is 5.78. The van der Waals surface area contributed by atoms with Gasteiger partial charge in [0.25, 0.3) is 0 Å². The van der Waals surface area contributed by atoms with Gasteiger partial charge in [0.1, 0.15) is 0 Å². The van der Waals surface area contributed by atoms with Crippen LogP contribution in [0, 0.1) is 5.82 Å². The van der Waals surface area contributed by atoms with Gasteiger partial charge in [0, 0.05) is 6.04 Å². The summed E-state index contributed by atoms with van der Waals surface area (Å²) in [6, 6.07) is 13.6. The molecule has 0 saturated heterocycles. The van der Waals surface area contributed by atoms with Gasteiger partial charge < -0.3 is 15.2 Å². The Labute approximate surface area is 141 Å². The van der Waals surface area contributed by atoms with E-state index in [1.54, 1.807) is 6.07 Å². The van der Waals surface area contributed by atoms with Crippen molar-refractivity contribution in [2.45, 2.75) is 31.9 Å². The van der Waals surface area contributed by atoms with Gasteiger partial charge in [-0.2, -0.15) is 0 Å². The molecule has 2 aromatic carbocycles. The predicted molar refractivity (Wildman–Crippen MR) is 90.3 cm³/mol. The zero-order valence-corrected chi connectivity index (χ0v) is 13.8. The number of carbonyl (C=O) groups excluding carboxylic acids is 1. The van der Waals surface area contributed by atoms with E-state index in [-0.39, 0.29) is 24.1 Å². The lowest BCUT2D eigenvalue weighted by Crippen LogP contribution is -2.34. The number of aliphatic hydroxyl groups is 1. The van der Waals surface area contributed by atoms with Gasteiger partial charge in [0.05, 0.1) is 19.6 Å². The summed E-state index contributed by atoms with van der Waals surface area (Å²) in [6.07, 6.45) is -0.153. The van der Waals surface area contributed by atoms with Crippen LogP contribution >= 0.6 is 0 Å². The molecule has 2 aromatic rings. The molecule has 0 heterocycles. The van der Waals surface area contributed by atoms with Gasteiger partial charge in [-0.1, -0.05) is 36.4 Å². The molecule has 2 N–H and O–H groups in total. The van der Waals surface area contributed by atoms with Crippen LogP contribution in [0.25, 0.3) is 0 Å². The molecule has 0 aromatic heterocycles. The Hall–Kier alpha value is -2.40. The van der Waals surface area contributed by atoms with Crippen molar-refractivity contribution in [3.8, 4) is 5.75 Å². The van der Waals surface area contributed by atoms with Gasteiger partial charge in [0.2, 0.25) is 5.91 Å². The molecule has 0 spiro atoms. The molecule has 0 aliphatic heterocycles. The topological polar surface area (TPSA) is 58.6 Å². The minimum Gasteiger partial charge on any atom is -0.494 e. The number of methoxy groups -OCH3 is 1. The fourth-order valence-electron chi connectivity index (χ4n) is 2.54. The summed E-state index contributed by atoms with van der Waals surface area (Å²) >= 11 is 0. The molecular formula is C19H22FNO3. The average molecular weight is 331 g/mol. The highest BCUT2D eigenvalue weighted by atomic mass is 19.1. The van der Waals surface area contributed by atoms with E-state index in [2.05, 4.69) is 5.32 Å². The molecule has 0 fully saturated rings. The zero-order valence-electron chi connectivity index (χ0n) is 13.8. The highest BCUT2D eigenvalue weighted by molar-refractivity contribution is 5.78. The Morgan fingerprint density at radius 1 is 1.25 bits per heavy atom. The van der Waals surface area contributed by atoms with E-state index in [1.165, 1.54) is 19.2 Å². The Bertz CT molecular complexity index is 676. The number of halogens is 1.